The standard InChI is InChI=1S/C18H21N3O4/c1-20(15-6-7-16(23)19-17(15)24)18(25)14-10-13(5-4-12(14)11-22)21-8-2-3-9-21/h4-5,10-11,15H,2-3,6-9H2,1H3,(H,19,23,24). The molecule has 1 atom stereocenters. The predicted octanol–water partition coefficient (Wildman–Crippen LogP) is 0.976. The summed E-state index contributed by atoms with van der Waals surface area (Å²) in [5.74, 6) is -1.19. The number of likely N-dealkylation sites (N-methyl/N-ethyl adjacent to an activating group) is 1. The molecular formula is C18H21N3O4. The van der Waals surface area contributed by atoms with Crippen molar-refractivity contribution in [3.63, 3.8) is 0 Å². The summed E-state index contributed by atoms with van der Waals surface area (Å²) in [4.78, 5) is 51.1. The van der Waals surface area contributed by atoms with Crippen LogP contribution in [0.1, 0.15) is 46.4 Å². The Bertz CT molecular complexity index is 725. The van der Waals surface area contributed by atoms with E-state index < -0.39 is 17.9 Å². The lowest BCUT2D eigenvalue weighted by molar-refractivity contribution is -0.136. The summed E-state index contributed by atoms with van der Waals surface area (Å²) in [6.45, 7) is 1.86. The number of nitrogens with zero attached hydrogens (tertiary/aromatic N) is 2. The highest BCUT2D eigenvalue weighted by atomic mass is 16.2. The molecule has 2 heterocycles. The number of hydrogen-bond donors (Lipinski definition) is 1. The molecule has 1 aromatic carbocycles. The van der Waals surface area contributed by atoms with Crippen molar-refractivity contribution in [3.8, 4) is 0 Å². The summed E-state index contributed by atoms with van der Waals surface area (Å²) in [5.41, 5.74) is 1.49. The van der Waals surface area contributed by atoms with Crippen molar-refractivity contribution in [3.05, 3.63) is 29.3 Å². The summed E-state index contributed by atoms with van der Waals surface area (Å²) >= 11 is 0. The number of carbonyl (C=O) groups is 4. The molecule has 132 valence electrons. The van der Waals surface area contributed by atoms with Crippen molar-refractivity contribution in [2.24, 2.45) is 0 Å². The van der Waals surface area contributed by atoms with Gasteiger partial charge in [-0.3, -0.25) is 24.5 Å². The van der Waals surface area contributed by atoms with E-state index in [-0.39, 0.29) is 24.3 Å². The van der Waals surface area contributed by atoms with E-state index in [1.807, 2.05) is 6.07 Å². The monoisotopic (exact) mass is 343 g/mol. The number of anilines is 1. The molecule has 1 N–H and O–H groups in total. The zero-order chi connectivity index (χ0) is 18.0. The molecule has 1 unspecified atom stereocenters. The molecule has 25 heavy (non-hydrogen) atoms. The Labute approximate surface area is 146 Å². The van der Waals surface area contributed by atoms with Crippen LogP contribution in [0.15, 0.2) is 18.2 Å². The lowest BCUT2D eigenvalue weighted by atomic mass is 10.0. The Balaban J connectivity index is 1.87. The number of rotatable bonds is 4. The van der Waals surface area contributed by atoms with Crippen molar-refractivity contribution < 1.29 is 19.2 Å². The van der Waals surface area contributed by atoms with E-state index in [1.165, 1.54) is 11.9 Å². The van der Waals surface area contributed by atoms with E-state index >= 15 is 0 Å². The van der Waals surface area contributed by atoms with Crippen LogP contribution in [0.3, 0.4) is 0 Å². The quantitative estimate of drug-likeness (QED) is 0.650. The fourth-order valence-electron chi connectivity index (χ4n) is 3.39. The van der Waals surface area contributed by atoms with Crippen LogP contribution in [0.5, 0.6) is 0 Å². The highest BCUT2D eigenvalue weighted by molar-refractivity contribution is 6.06. The zero-order valence-electron chi connectivity index (χ0n) is 14.2. The minimum Gasteiger partial charge on any atom is -0.372 e. The van der Waals surface area contributed by atoms with Crippen LogP contribution in [0.2, 0.25) is 0 Å². The molecule has 0 aliphatic carbocycles. The Morgan fingerprint density at radius 2 is 2.00 bits per heavy atom. The largest absolute Gasteiger partial charge is 0.372 e. The molecule has 3 amide bonds. The molecule has 2 saturated heterocycles. The Morgan fingerprint density at radius 3 is 2.64 bits per heavy atom. The van der Waals surface area contributed by atoms with E-state index in [0.717, 1.165) is 31.6 Å². The summed E-state index contributed by atoms with van der Waals surface area (Å²) in [5, 5.41) is 2.25. The van der Waals surface area contributed by atoms with E-state index in [1.54, 1.807) is 12.1 Å². The molecule has 7 heteroatoms. The first-order chi connectivity index (χ1) is 12.0. The first kappa shape index (κ1) is 17.1. The van der Waals surface area contributed by atoms with E-state index in [9.17, 15) is 19.2 Å². The van der Waals surface area contributed by atoms with Crippen molar-refractivity contribution in [1.29, 1.82) is 0 Å². The molecule has 7 nitrogen and oxygen atoms in total. The van der Waals surface area contributed by atoms with Gasteiger partial charge in [0.2, 0.25) is 11.8 Å². The topological polar surface area (TPSA) is 86.8 Å². The van der Waals surface area contributed by atoms with Crippen molar-refractivity contribution in [2.45, 2.75) is 31.7 Å². The summed E-state index contributed by atoms with van der Waals surface area (Å²) in [7, 11) is 1.53. The van der Waals surface area contributed by atoms with Gasteiger partial charge in [0.1, 0.15) is 6.04 Å². The summed E-state index contributed by atoms with van der Waals surface area (Å²) in [6, 6.07) is 4.50. The number of aldehydes is 1. The van der Waals surface area contributed by atoms with Crippen LogP contribution in [-0.4, -0.2) is 55.1 Å². The molecule has 2 fully saturated rings. The molecule has 0 spiro atoms. The van der Waals surface area contributed by atoms with Gasteiger partial charge in [-0.25, -0.2) is 0 Å². The van der Waals surface area contributed by atoms with Gasteiger partial charge in [0.25, 0.3) is 5.91 Å². The fourth-order valence-corrected chi connectivity index (χ4v) is 3.39. The first-order valence-electron chi connectivity index (χ1n) is 8.46. The number of benzene rings is 1. The Hall–Kier alpha value is -2.70. The van der Waals surface area contributed by atoms with Crippen molar-refractivity contribution in [2.75, 3.05) is 25.0 Å². The van der Waals surface area contributed by atoms with Crippen molar-refractivity contribution in [1.82, 2.24) is 10.2 Å². The third kappa shape index (κ3) is 3.40. The van der Waals surface area contributed by atoms with Gasteiger partial charge < -0.3 is 9.80 Å². The zero-order valence-corrected chi connectivity index (χ0v) is 14.2. The van der Waals surface area contributed by atoms with Crippen molar-refractivity contribution >= 4 is 29.7 Å². The van der Waals surface area contributed by atoms with Gasteiger partial charge in [-0.1, -0.05) is 0 Å². The maximum absolute atomic E-state index is 12.9. The second kappa shape index (κ2) is 7.04. The molecule has 2 aliphatic rings. The van der Waals surface area contributed by atoms with Gasteiger partial charge in [-0.15, -0.1) is 0 Å². The smallest absolute Gasteiger partial charge is 0.255 e. The lowest BCUT2D eigenvalue weighted by Gasteiger charge is -2.30. The number of imide groups is 1. The first-order valence-corrected chi connectivity index (χ1v) is 8.46. The summed E-state index contributed by atoms with van der Waals surface area (Å²) in [6.07, 6.45) is 3.35. The van der Waals surface area contributed by atoms with Crippen LogP contribution < -0.4 is 10.2 Å². The highest BCUT2D eigenvalue weighted by Gasteiger charge is 2.33. The molecule has 0 bridgehead atoms. The van der Waals surface area contributed by atoms with E-state index in [2.05, 4.69) is 10.2 Å². The van der Waals surface area contributed by atoms with Gasteiger partial charge in [0.05, 0.1) is 5.56 Å². The lowest BCUT2D eigenvalue weighted by Crippen LogP contribution is -2.53. The molecule has 0 aromatic heterocycles. The maximum Gasteiger partial charge on any atom is 0.255 e. The van der Waals surface area contributed by atoms with Gasteiger partial charge >= 0.3 is 0 Å². The highest BCUT2D eigenvalue weighted by Crippen LogP contribution is 2.24. The van der Waals surface area contributed by atoms with E-state index in [4.69, 9.17) is 0 Å². The van der Waals surface area contributed by atoms with Crippen LogP contribution in [0.4, 0.5) is 5.69 Å². The average Bonchev–Trinajstić information content (AvgIpc) is 3.14. The molecule has 2 aliphatic heterocycles. The molecule has 1 aromatic rings. The van der Waals surface area contributed by atoms with Crippen LogP contribution in [-0.2, 0) is 9.59 Å². The van der Waals surface area contributed by atoms with Crippen LogP contribution >= 0.6 is 0 Å². The second-order valence-corrected chi connectivity index (χ2v) is 6.47. The maximum atomic E-state index is 12.9. The number of hydrogen-bond acceptors (Lipinski definition) is 5. The number of amides is 3. The normalized spacial score (nSPS) is 20.4. The third-order valence-corrected chi connectivity index (χ3v) is 4.86. The predicted molar refractivity (Wildman–Crippen MR) is 91.5 cm³/mol. The van der Waals surface area contributed by atoms with Gasteiger partial charge in [-0.2, -0.15) is 0 Å². The minimum absolute atomic E-state index is 0.197. The number of nitrogens with one attached hydrogen (secondary N) is 1. The van der Waals surface area contributed by atoms with Gasteiger partial charge in [-0.05, 0) is 37.5 Å². The van der Waals surface area contributed by atoms with E-state index in [0.29, 0.717) is 11.8 Å². The molecular weight excluding hydrogens is 322 g/mol. The number of piperidine rings is 1. The Kier molecular flexibility index (Phi) is 4.83. The fraction of sp³-hybridized carbons (Fsp3) is 0.444. The minimum atomic E-state index is -0.708. The average molecular weight is 343 g/mol. The molecule has 0 radical (unpaired) electrons. The Morgan fingerprint density at radius 1 is 1.28 bits per heavy atom. The van der Waals surface area contributed by atoms with Crippen LogP contribution in [0.25, 0.3) is 0 Å². The SMILES string of the molecule is CN(C(=O)c1cc(N2CCCC2)ccc1C=O)C1CCC(=O)NC1=O. The van der Waals surface area contributed by atoms with Crippen LogP contribution in [0, 0.1) is 0 Å². The van der Waals surface area contributed by atoms with Gasteiger partial charge in [0.15, 0.2) is 6.29 Å². The molecule has 0 saturated carbocycles. The summed E-state index contributed by atoms with van der Waals surface area (Å²) < 4.78 is 0. The second-order valence-electron chi connectivity index (χ2n) is 6.47. The molecule has 3 rings (SSSR count). The number of carbonyl (C=O) groups excluding carboxylic acids is 4. The van der Waals surface area contributed by atoms with Gasteiger partial charge in [0, 0.05) is 37.8 Å². The third-order valence-electron chi connectivity index (χ3n) is 4.86.